The third-order valence-corrected chi connectivity index (χ3v) is 3.50. The molecule has 0 bridgehead atoms. The van der Waals surface area contributed by atoms with Crippen LogP contribution in [-0.2, 0) is 6.54 Å². The Hall–Kier alpha value is -2.07. The second-order valence-electron chi connectivity index (χ2n) is 5.05. The molecule has 0 saturated heterocycles. The van der Waals surface area contributed by atoms with Crippen LogP contribution in [0.1, 0.15) is 12.0 Å². The minimum absolute atomic E-state index is 0.200. The van der Waals surface area contributed by atoms with Gasteiger partial charge in [0.1, 0.15) is 5.82 Å². The normalized spacial score (nSPS) is 13.8. The van der Waals surface area contributed by atoms with E-state index < -0.39 is 0 Å². The van der Waals surface area contributed by atoms with Crippen LogP contribution in [0.15, 0.2) is 36.4 Å². The van der Waals surface area contributed by atoms with Crippen molar-refractivity contribution in [2.45, 2.75) is 13.0 Å². The van der Waals surface area contributed by atoms with Gasteiger partial charge in [0.05, 0.1) is 13.2 Å². The molecule has 4 heteroatoms. The largest absolute Gasteiger partial charge is 0.490 e. The lowest BCUT2D eigenvalue weighted by Crippen LogP contribution is -2.06. The van der Waals surface area contributed by atoms with E-state index in [1.165, 1.54) is 0 Å². The third kappa shape index (κ3) is 3.00. The van der Waals surface area contributed by atoms with Crippen molar-refractivity contribution >= 4 is 0 Å². The molecule has 3 rings (SSSR count). The molecule has 0 fully saturated rings. The van der Waals surface area contributed by atoms with Gasteiger partial charge in [-0.05, 0) is 36.4 Å². The summed E-state index contributed by atoms with van der Waals surface area (Å²) in [5.74, 6) is 1.28. The molecule has 0 saturated carbocycles. The van der Waals surface area contributed by atoms with Crippen molar-refractivity contribution in [3.8, 4) is 22.6 Å². The zero-order valence-corrected chi connectivity index (χ0v) is 12.0. The van der Waals surface area contributed by atoms with E-state index in [0.29, 0.717) is 25.3 Å². The summed E-state index contributed by atoms with van der Waals surface area (Å²) in [5.41, 5.74) is 2.42. The summed E-state index contributed by atoms with van der Waals surface area (Å²) in [7, 11) is 1.80. The van der Waals surface area contributed by atoms with Gasteiger partial charge in [-0.15, -0.1) is 0 Å². The van der Waals surface area contributed by atoms with Crippen molar-refractivity contribution in [1.29, 1.82) is 0 Å². The number of halogens is 1. The molecule has 1 N–H and O–H groups in total. The molecule has 1 aliphatic rings. The second-order valence-corrected chi connectivity index (χ2v) is 5.05. The van der Waals surface area contributed by atoms with Gasteiger partial charge < -0.3 is 14.8 Å². The van der Waals surface area contributed by atoms with Crippen LogP contribution in [0.25, 0.3) is 11.1 Å². The molecule has 2 aromatic carbocycles. The highest BCUT2D eigenvalue weighted by atomic mass is 19.1. The number of hydrogen-bond donors (Lipinski definition) is 1. The van der Waals surface area contributed by atoms with Gasteiger partial charge in [0.25, 0.3) is 0 Å². The zero-order valence-electron chi connectivity index (χ0n) is 12.0. The summed E-state index contributed by atoms with van der Waals surface area (Å²) < 4.78 is 25.3. The predicted octanol–water partition coefficient (Wildman–Crippen LogP) is 3.37. The molecule has 1 heterocycles. The van der Waals surface area contributed by atoms with Crippen molar-refractivity contribution in [3.63, 3.8) is 0 Å². The van der Waals surface area contributed by atoms with Crippen LogP contribution in [0.5, 0.6) is 11.5 Å². The van der Waals surface area contributed by atoms with E-state index in [1.54, 1.807) is 13.1 Å². The number of hydrogen-bond acceptors (Lipinski definition) is 3. The monoisotopic (exact) mass is 287 g/mol. The molecule has 110 valence electrons. The second kappa shape index (κ2) is 6.14. The van der Waals surface area contributed by atoms with E-state index in [-0.39, 0.29) is 5.82 Å². The number of benzene rings is 2. The maximum Gasteiger partial charge on any atom is 0.161 e. The molecule has 0 unspecified atom stereocenters. The average Bonchev–Trinajstić information content (AvgIpc) is 2.74. The Labute approximate surface area is 123 Å². The Kier molecular flexibility index (Phi) is 4.06. The molecule has 1 aliphatic heterocycles. The van der Waals surface area contributed by atoms with Crippen LogP contribution >= 0.6 is 0 Å². The summed E-state index contributed by atoms with van der Waals surface area (Å²) in [6, 6.07) is 11.0. The first-order valence-corrected chi connectivity index (χ1v) is 7.11. The van der Waals surface area contributed by atoms with Gasteiger partial charge in [-0.25, -0.2) is 4.39 Å². The van der Waals surface area contributed by atoms with E-state index in [0.717, 1.165) is 29.0 Å². The predicted molar refractivity (Wildman–Crippen MR) is 80.2 cm³/mol. The summed E-state index contributed by atoms with van der Waals surface area (Å²) in [5, 5.41) is 2.96. The molecular weight excluding hydrogens is 269 g/mol. The van der Waals surface area contributed by atoms with E-state index in [4.69, 9.17) is 9.47 Å². The van der Waals surface area contributed by atoms with Crippen molar-refractivity contribution in [3.05, 3.63) is 47.8 Å². The van der Waals surface area contributed by atoms with Crippen LogP contribution in [-0.4, -0.2) is 20.3 Å². The van der Waals surface area contributed by atoms with E-state index in [2.05, 4.69) is 5.32 Å². The number of rotatable bonds is 3. The van der Waals surface area contributed by atoms with Gasteiger partial charge in [-0.3, -0.25) is 0 Å². The maximum absolute atomic E-state index is 14.0. The van der Waals surface area contributed by atoms with E-state index >= 15 is 0 Å². The van der Waals surface area contributed by atoms with Crippen molar-refractivity contribution in [1.82, 2.24) is 5.32 Å². The van der Waals surface area contributed by atoms with Gasteiger partial charge in [0.15, 0.2) is 11.5 Å². The zero-order chi connectivity index (χ0) is 14.7. The lowest BCUT2D eigenvalue weighted by Gasteiger charge is -2.10. The molecular formula is C17H18FNO2. The third-order valence-electron chi connectivity index (χ3n) is 3.50. The van der Waals surface area contributed by atoms with E-state index in [9.17, 15) is 4.39 Å². The van der Waals surface area contributed by atoms with Crippen LogP contribution in [0.2, 0.25) is 0 Å². The van der Waals surface area contributed by atoms with E-state index in [1.807, 2.05) is 30.3 Å². The molecule has 0 aromatic heterocycles. The number of nitrogens with one attached hydrogen (secondary N) is 1. The maximum atomic E-state index is 14.0. The fourth-order valence-electron chi connectivity index (χ4n) is 2.40. The molecule has 0 atom stereocenters. The minimum Gasteiger partial charge on any atom is -0.490 e. The molecule has 0 aliphatic carbocycles. The number of fused-ring (bicyclic) bond motifs is 1. The van der Waals surface area contributed by atoms with Crippen molar-refractivity contribution < 1.29 is 13.9 Å². The Morgan fingerprint density at radius 1 is 1.00 bits per heavy atom. The average molecular weight is 287 g/mol. The highest BCUT2D eigenvalue weighted by molar-refractivity contribution is 5.67. The lowest BCUT2D eigenvalue weighted by molar-refractivity contribution is 0.297. The highest BCUT2D eigenvalue weighted by Gasteiger charge is 2.12. The molecule has 21 heavy (non-hydrogen) atoms. The van der Waals surface area contributed by atoms with Crippen LogP contribution in [0, 0.1) is 5.82 Å². The molecule has 0 spiro atoms. The van der Waals surface area contributed by atoms with Crippen molar-refractivity contribution in [2.75, 3.05) is 20.3 Å². The summed E-state index contributed by atoms with van der Waals surface area (Å²) in [6.45, 7) is 1.83. The van der Waals surface area contributed by atoms with Gasteiger partial charge in [0.2, 0.25) is 0 Å². The number of ether oxygens (including phenoxy) is 2. The van der Waals surface area contributed by atoms with Crippen LogP contribution in [0.3, 0.4) is 0 Å². The summed E-state index contributed by atoms with van der Waals surface area (Å²) in [4.78, 5) is 0. The molecule has 3 nitrogen and oxygen atoms in total. The molecule has 0 radical (unpaired) electrons. The Balaban J connectivity index is 1.93. The lowest BCUT2D eigenvalue weighted by atomic mass is 10.0. The summed E-state index contributed by atoms with van der Waals surface area (Å²) in [6.07, 6.45) is 0.872. The fourth-order valence-corrected chi connectivity index (χ4v) is 2.40. The van der Waals surface area contributed by atoms with Gasteiger partial charge in [-0.1, -0.05) is 18.2 Å². The Bertz CT molecular complexity index is 643. The van der Waals surface area contributed by atoms with Gasteiger partial charge in [-0.2, -0.15) is 0 Å². The summed E-state index contributed by atoms with van der Waals surface area (Å²) >= 11 is 0. The van der Waals surface area contributed by atoms with Gasteiger partial charge >= 0.3 is 0 Å². The SMILES string of the molecule is CNCc1ccc(-c2ccc3c(c2)OCCCO3)cc1F. The first kappa shape index (κ1) is 13.9. The minimum atomic E-state index is -0.200. The quantitative estimate of drug-likeness (QED) is 0.939. The standard InChI is InChI=1S/C17H18FNO2/c1-19-11-14-4-3-12(9-15(14)18)13-5-6-16-17(10-13)21-8-2-7-20-16/h3-6,9-10,19H,2,7-8,11H2,1H3. The smallest absolute Gasteiger partial charge is 0.161 e. The molecule has 0 amide bonds. The first-order valence-electron chi connectivity index (χ1n) is 7.11. The first-order chi connectivity index (χ1) is 10.3. The fraction of sp³-hybridized carbons (Fsp3) is 0.294. The van der Waals surface area contributed by atoms with Crippen molar-refractivity contribution in [2.24, 2.45) is 0 Å². The Morgan fingerprint density at radius 3 is 2.48 bits per heavy atom. The van der Waals surface area contributed by atoms with Gasteiger partial charge in [0, 0.05) is 18.5 Å². The Morgan fingerprint density at radius 2 is 1.71 bits per heavy atom. The molecule has 2 aromatic rings. The topological polar surface area (TPSA) is 30.5 Å². The highest BCUT2D eigenvalue weighted by Crippen LogP contribution is 2.34. The van der Waals surface area contributed by atoms with Crippen LogP contribution in [0.4, 0.5) is 4.39 Å². The van der Waals surface area contributed by atoms with Crippen LogP contribution < -0.4 is 14.8 Å².